The summed E-state index contributed by atoms with van der Waals surface area (Å²) in [6.45, 7) is 2.85. The van der Waals surface area contributed by atoms with Crippen LogP contribution in [-0.4, -0.2) is 24.0 Å². The zero-order chi connectivity index (χ0) is 13.3. The molecule has 0 amide bonds. The Morgan fingerprint density at radius 3 is 2.61 bits per heavy atom. The summed E-state index contributed by atoms with van der Waals surface area (Å²) >= 11 is 5.96. The summed E-state index contributed by atoms with van der Waals surface area (Å²) in [6, 6.07) is 5.50. The highest BCUT2D eigenvalue weighted by molar-refractivity contribution is 6.31. The normalized spacial score (nSPS) is 11.4. The Labute approximate surface area is 111 Å². The second-order valence-corrected chi connectivity index (χ2v) is 5.13. The van der Waals surface area contributed by atoms with Crippen molar-refractivity contribution >= 4 is 22.4 Å². The van der Waals surface area contributed by atoms with Crippen LogP contribution in [0.5, 0.6) is 0 Å². The smallest absolute Gasteiger partial charge is 0.256 e. The van der Waals surface area contributed by atoms with E-state index in [9.17, 15) is 4.79 Å². The van der Waals surface area contributed by atoms with Gasteiger partial charge in [0.1, 0.15) is 0 Å². The van der Waals surface area contributed by atoms with Gasteiger partial charge in [-0.1, -0.05) is 24.6 Å². The Morgan fingerprint density at radius 2 is 2.00 bits per heavy atom. The van der Waals surface area contributed by atoms with E-state index in [1.165, 1.54) is 5.56 Å². The van der Waals surface area contributed by atoms with E-state index in [0.29, 0.717) is 10.4 Å². The molecule has 0 fully saturated rings. The highest BCUT2D eigenvalue weighted by Crippen LogP contribution is 2.22. The molecule has 0 aliphatic carbocycles. The van der Waals surface area contributed by atoms with Gasteiger partial charge in [0.15, 0.2) is 0 Å². The Morgan fingerprint density at radius 1 is 1.28 bits per heavy atom. The molecule has 0 unspecified atom stereocenters. The maximum atomic E-state index is 12.0. The molecular weight excluding hydrogens is 248 g/mol. The fourth-order valence-corrected chi connectivity index (χ4v) is 2.38. The van der Waals surface area contributed by atoms with Gasteiger partial charge in [-0.05, 0) is 43.6 Å². The molecule has 1 heterocycles. The van der Waals surface area contributed by atoms with Crippen LogP contribution in [0.4, 0.5) is 0 Å². The Balaban J connectivity index is 2.79. The van der Waals surface area contributed by atoms with Crippen molar-refractivity contribution in [1.82, 2.24) is 9.88 Å². The van der Waals surface area contributed by atoms with Gasteiger partial charge < -0.3 is 9.88 Å². The third-order valence-electron chi connectivity index (χ3n) is 3.01. The molecule has 3 nitrogen and oxygen atoms in total. The van der Waals surface area contributed by atoms with E-state index in [2.05, 4.69) is 9.88 Å². The number of fused-ring (bicyclic) bond motifs is 1. The summed E-state index contributed by atoms with van der Waals surface area (Å²) in [5.74, 6) is 0. The minimum Gasteiger partial charge on any atom is -0.325 e. The zero-order valence-electron chi connectivity index (χ0n) is 10.9. The fraction of sp³-hybridized carbons (Fsp3) is 0.357. The number of nitrogens with one attached hydrogen (secondary N) is 1. The molecule has 18 heavy (non-hydrogen) atoms. The van der Waals surface area contributed by atoms with Crippen LogP contribution in [-0.2, 0) is 13.0 Å². The third kappa shape index (κ3) is 2.42. The number of H-pyrrole nitrogens is 1. The number of halogens is 1. The molecule has 0 saturated carbocycles. The minimum absolute atomic E-state index is 0.0631. The van der Waals surface area contributed by atoms with Crippen molar-refractivity contribution in [1.29, 1.82) is 0 Å². The number of hydrogen-bond donors (Lipinski definition) is 1. The molecule has 1 aromatic carbocycles. The van der Waals surface area contributed by atoms with Gasteiger partial charge in [-0.15, -0.1) is 0 Å². The van der Waals surface area contributed by atoms with E-state index in [1.807, 2.05) is 33.2 Å². The first-order chi connectivity index (χ1) is 8.52. The number of hydrogen-bond acceptors (Lipinski definition) is 2. The van der Waals surface area contributed by atoms with Crippen molar-refractivity contribution in [3.05, 3.63) is 44.8 Å². The minimum atomic E-state index is -0.0631. The van der Waals surface area contributed by atoms with Crippen LogP contribution in [0.15, 0.2) is 23.0 Å². The quantitative estimate of drug-likeness (QED) is 0.925. The number of aromatic amines is 1. The molecule has 0 bridgehead atoms. The summed E-state index contributed by atoms with van der Waals surface area (Å²) < 4.78 is 0. The Bertz CT molecular complexity index is 631. The zero-order valence-corrected chi connectivity index (χ0v) is 11.6. The van der Waals surface area contributed by atoms with E-state index in [-0.39, 0.29) is 5.56 Å². The molecule has 1 N–H and O–H groups in total. The number of aryl methyl sites for hydroxylation is 1. The second kappa shape index (κ2) is 5.12. The van der Waals surface area contributed by atoms with Crippen LogP contribution in [0.2, 0.25) is 5.02 Å². The molecule has 96 valence electrons. The van der Waals surface area contributed by atoms with Crippen molar-refractivity contribution in [2.45, 2.75) is 19.9 Å². The molecule has 1 aromatic heterocycles. The van der Waals surface area contributed by atoms with E-state index < -0.39 is 0 Å². The summed E-state index contributed by atoms with van der Waals surface area (Å²) in [4.78, 5) is 17.1. The van der Waals surface area contributed by atoms with Gasteiger partial charge in [0.2, 0.25) is 0 Å². The van der Waals surface area contributed by atoms with Crippen LogP contribution in [0.25, 0.3) is 10.8 Å². The average Bonchev–Trinajstić information content (AvgIpc) is 2.32. The van der Waals surface area contributed by atoms with Crippen LogP contribution in [0.3, 0.4) is 0 Å². The van der Waals surface area contributed by atoms with Crippen molar-refractivity contribution in [2.24, 2.45) is 0 Å². The number of benzene rings is 1. The molecule has 0 spiro atoms. The lowest BCUT2D eigenvalue weighted by Gasteiger charge is -2.16. The first-order valence-electron chi connectivity index (χ1n) is 6.01. The summed E-state index contributed by atoms with van der Waals surface area (Å²) in [5, 5.41) is 2.25. The van der Waals surface area contributed by atoms with Crippen molar-refractivity contribution in [2.75, 3.05) is 14.1 Å². The third-order valence-corrected chi connectivity index (χ3v) is 3.24. The predicted molar refractivity (Wildman–Crippen MR) is 76.3 cm³/mol. The van der Waals surface area contributed by atoms with E-state index in [0.717, 1.165) is 24.0 Å². The topological polar surface area (TPSA) is 36.1 Å². The SMILES string of the molecule is CCc1[nH]c(=O)c2cc(Cl)ccc2c1CN(C)C. The standard InChI is InChI=1S/C14H17ClN2O/c1-4-13-12(8-17(2)3)10-6-5-9(15)7-11(10)14(18)16-13/h5-7H,4,8H2,1-3H3,(H,16,18). The van der Waals surface area contributed by atoms with Crippen LogP contribution in [0.1, 0.15) is 18.2 Å². The van der Waals surface area contributed by atoms with Crippen LogP contribution in [0, 0.1) is 0 Å². The lowest BCUT2D eigenvalue weighted by atomic mass is 10.0. The molecule has 4 heteroatoms. The maximum absolute atomic E-state index is 12.0. The molecule has 0 saturated heterocycles. The number of aromatic nitrogens is 1. The van der Waals surface area contributed by atoms with Gasteiger partial charge in [0.05, 0.1) is 0 Å². The van der Waals surface area contributed by atoms with E-state index in [4.69, 9.17) is 11.6 Å². The van der Waals surface area contributed by atoms with Gasteiger partial charge in [-0.2, -0.15) is 0 Å². The van der Waals surface area contributed by atoms with Gasteiger partial charge in [-0.25, -0.2) is 0 Å². The molecule has 0 aliphatic rings. The predicted octanol–water partition coefficient (Wildman–Crippen LogP) is 2.81. The van der Waals surface area contributed by atoms with Gasteiger partial charge in [0, 0.05) is 22.6 Å². The van der Waals surface area contributed by atoms with Crippen LogP contribution < -0.4 is 5.56 Å². The number of pyridine rings is 1. The van der Waals surface area contributed by atoms with Gasteiger partial charge in [-0.3, -0.25) is 4.79 Å². The average molecular weight is 265 g/mol. The highest BCUT2D eigenvalue weighted by atomic mass is 35.5. The lowest BCUT2D eigenvalue weighted by Crippen LogP contribution is -2.18. The molecule has 2 aromatic rings. The van der Waals surface area contributed by atoms with Crippen molar-refractivity contribution in [3.63, 3.8) is 0 Å². The van der Waals surface area contributed by atoms with E-state index >= 15 is 0 Å². The van der Waals surface area contributed by atoms with E-state index in [1.54, 1.807) is 6.07 Å². The van der Waals surface area contributed by atoms with Gasteiger partial charge in [0.25, 0.3) is 5.56 Å². The van der Waals surface area contributed by atoms with Crippen molar-refractivity contribution in [3.8, 4) is 0 Å². The highest BCUT2D eigenvalue weighted by Gasteiger charge is 2.11. The summed E-state index contributed by atoms with van der Waals surface area (Å²) in [5.41, 5.74) is 2.11. The fourth-order valence-electron chi connectivity index (χ4n) is 2.21. The maximum Gasteiger partial charge on any atom is 0.256 e. The molecule has 0 radical (unpaired) electrons. The molecular formula is C14H17ClN2O. The summed E-state index contributed by atoms with van der Waals surface area (Å²) in [6.07, 6.45) is 0.816. The second-order valence-electron chi connectivity index (χ2n) is 4.69. The monoisotopic (exact) mass is 264 g/mol. The largest absolute Gasteiger partial charge is 0.325 e. The lowest BCUT2D eigenvalue weighted by molar-refractivity contribution is 0.402. The Hall–Kier alpha value is -1.32. The molecule has 0 aliphatic heterocycles. The molecule has 0 atom stereocenters. The van der Waals surface area contributed by atoms with Crippen molar-refractivity contribution < 1.29 is 0 Å². The first-order valence-corrected chi connectivity index (χ1v) is 6.38. The number of rotatable bonds is 3. The first kappa shape index (κ1) is 13.1. The molecule has 2 rings (SSSR count). The van der Waals surface area contributed by atoms with Gasteiger partial charge >= 0.3 is 0 Å². The number of nitrogens with zero attached hydrogens (tertiary/aromatic N) is 1. The van der Waals surface area contributed by atoms with Crippen LogP contribution >= 0.6 is 11.6 Å². The summed E-state index contributed by atoms with van der Waals surface area (Å²) in [7, 11) is 4.04. The Kier molecular flexibility index (Phi) is 3.73.